The van der Waals surface area contributed by atoms with Crippen LogP contribution < -0.4 is 31.9 Å². The normalized spacial score (nSPS) is 37.3. The van der Waals surface area contributed by atoms with Gasteiger partial charge in [-0.05, 0) is 258 Å². The molecule has 0 aromatic heterocycles. The first kappa shape index (κ1) is 81.5. The molecule has 21 atom stereocenters. The molecule has 606 valence electrons. The van der Waals surface area contributed by atoms with Crippen molar-refractivity contribution in [1.82, 2.24) is 16.0 Å². The third-order valence-electron chi connectivity index (χ3n) is 29.7. The molecule has 0 spiro atoms. The lowest BCUT2D eigenvalue weighted by molar-refractivity contribution is -0.141. The molecule has 3 aromatic carbocycles. The quantitative estimate of drug-likeness (QED) is 0.134. The van der Waals surface area contributed by atoms with Crippen molar-refractivity contribution in [3.05, 3.63) is 124 Å². The molecule has 3 heterocycles. The second-order valence-corrected chi connectivity index (χ2v) is 34.9. The second kappa shape index (κ2) is 28.2. The summed E-state index contributed by atoms with van der Waals surface area (Å²) in [6, 6.07) is 3.54. The first-order valence-electron chi connectivity index (χ1n) is 38.2. The molecule has 3 aliphatic heterocycles. The van der Waals surface area contributed by atoms with Gasteiger partial charge in [-0.25, -0.2) is 0 Å². The van der Waals surface area contributed by atoms with Crippen molar-refractivity contribution in [1.29, 1.82) is 0 Å². The standard InChI is InChI=1S/3C27H30F6N2O2/c3*1-24-11-9-17-15(4-8-21-25(17,2)12-10-22(36)35-21)16(24)6-7-19(24)23(37)34-20-13-14(26(28,29)30)3-5-18(20)27(31,32)33/h3*3,5,10,12-13,15-17,19,21H,4,6-9,11H2,1-2H3,(H,34,37)(H,35,36)/t3*15-,16-,17-,19+,21+,24-,25+/m000/s1. The second-order valence-electron chi connectivity index (χ2n) is 34.9. The van der Waals surface area contributed by atoms with Gasteiger partial charge in [0.05, 0.1) is 50.4 Å². The predicted molar refractivity (Wildman–Crippen MR) is 372 cm³/mol. The van der Waals surface area contributed by atoms with E-state index in [4.69, 9.17) is 0 Å². The van der Waals surface area contributed by atoms with E-state index in [0.717, 1.165) is 77.0 Å². The minimum absolute atomic E-state index is 0.0535. The number of halogens is 18. The van der Waals surface area contributed by atoms with Gasteiger partial charge in [-0.2, -0.15) is 79.0 Å². The minimum Gasteiger partial charge on any atom is -0.349 e. The van der Waals surface area contributed by atoms with Crippen LogP contribution in [0.5, 0.6) is 0 Å². The number of alkyl halides is 18. The van der Waals surface area contributed by atoms with Gasteiger partial charge in [0.25, 0.3) is 0 Å². The first-order chi connectivity index (χ1) is 51.4. The van der Waals surface area contributed by atoms with E-state index in [2.05, 4.69) is 52.7 Å². The molecule has 3 aromatic rings. The lowest BCUT2D eigenvalue weighted by atomic mass is 9.48. The van der Waals surface area contributed by atoms with Crippen molar-refractivity contribution in [3.8, 4) is 0 Å². The maximum Gasteiger partial charge on any atom is 0.418 e. The highest BCUT2D eigenvalue weighted by atomic mass is 19.4. The summed E-state index contributed by atoms with van der Waals surface area (Å²) in [4.78, 5) is 75.9. The molecule has 12 aliphatic rings. The van der Waals surface area contributed by atoms with Crippen molar-refractivity contribution < 1.29 is 108 Å². The predicted octanol–water partition coefficient (Wildman–Crippen LogP) is 19.7. The van der Waals surface area contributed by atoms with Crippen LogP contribution in [0.25, 0.3) is 0 Å². The molecule has 111 heavy (non-hydrogen) atoms. The largest absolute Gasteiger partial charge is 0.418 e. The molecular formula is C81H90F18N6O6. The van der Waals surface area contributed by atoms with E-state index in [0.29, 0.717) is 129 Å². The highest BCUT2D eigenvalue weighted by Gasteiger charge is 2.65. The topological polar surface area (TPSA) is 175 Å². The molecule has 15 rings (SSSR count). The summed E-state index contributed by atoms with van der Waals surface area (Å²) in [6.07, 6.45) is -5.19. The Labute approximate surface area is 630 Å². The number of benzene rings is 3. The van der Waals surface area contributed by atoms with Crippen molar-refractivity contribution in [2.75, 3.05) is 16.0 Å². The summed E-state index contributed by atoms with van der Waals surface area (Å²) < 4.78 is 241. The fourth-order valence-electron chi connectivity index (χ4n) is 24.2. The summed E-state index contributed by atoms with van der Waals surface area (Å²) in [5, 5.41) is 16.0. The van der Waals surface area contributed by atoms with E-state index in [1.54, 1.807) is 18.2 Å². The molecule has 9 aliphatic carbocycles. The van der Waals surface area contributed by atoms with Gasteiger partial charge in [-0.1, -0.05) is 59.8 Å². The number of nitrogens with one attached hydrogen (secondary N) is 6. The van der Waals surface area contributed by atoms with Crippen LogP contribution in [0.4, 0.5) is 96.1 Å². The van der Waals surface area contributed by atoms with E-state index >= 15 is 0 Å². The van der Waals surface area contributed by atoms with Gasteiger partial charge in [0.2, 0.25) is 35.4 Å². The maximum absolute atomic E-state index is 13.6. The highest BCUT2D eigenvalue weighted by molar-refractivity contribution is 5.96. The fraction of sp³-hybridized carbons (Fsp3) is 0.630. The molecule has 0 saturated heterocycles. The van der Waals surface area contributed by atoms with Crippen molar-refractivity contribution in [3.63, 3.8) is 0 Å². The van der Waals surface area contributed by atoms with Gasteiger partial charge in [-0.3, -0.25) is 28.8 Å². The Kier molecular flexibility index (Phi) is 20.7. The Morgan fingerprint density at radius 2 is 0.568 bits per heavy atom. The van der Waals surface area contributed by atoms with Crippen molar-refractivity contribution in [2.24, 2.45) is 104 Å². The Morgan fingerprint density at radius 1 is 0.324 bits per heavy atom. The maximum atomic E-state index is 13.6. The Bertz CT molecular complexity index is 3860. The smallest absolute Gasteiger partial charge is 0.349 e. The van der Waals surface area contributed by atoms with Gasteiger partial charge in [0.1, 0.15) is 0 Å². The summed E-state index contributed by atoms with van der Waals surface area (Å²) >= 11 is 0. The fourth-order valence-corrected chi connectivity index (χ4v) is 24.2. The van der Waals surface area contributed by atoms with Gasteiger partial charge in [0.15, 0.2) is 0 Å². The molecule has 30 heteroatoms. The molecule has 12 nitrogen and oxygen atoms in total. The van der Waals surface area contributed by atoms with E-state index in [1.807, 2.05) is 39.0 Å². The zero-order valence-electron chi connectivity index (χ0n) is 61.8. The number of fused-ring (bicyclic) bond motifs is 15. The third-order valence-corrected chi connectivity index (χ3v) is 29.7. The van der Waals surface area contributed by atoms with Crippen LogP contribution >= 0.6 is 0 Å². The third kappa shape index (κ3) is 14.7. The van der Waals surface area contributed by atoms with Gasteiger partial charge >= 0.3 is 37.1 Å². The SMILES string of the molecule is C[C@]12C=CC(=O)N[C@@H]1CC[C@@H]1[C@@H]2CC[C@]2(C)[C@@H](C(=O)Nc3cc(C(F)(F)F)ccc3C(F)(F)F)CC[C@@H]12.C[C@]12C=CC(=O)N[C@@H]1CC[C@@H]1[C@@H]2CC[C@]2(C)[C@@H](C(=O)Nc3cc(C(F)(F)F)ccc3C(F)(F)F)CC[C@@H]12.C[C@]12C=CC(=O)N[C@@H]1CC[C@@H]1[C@@H]2CC[C@]2(C)[C@@H](C(=O)Nc3cc(C(F)(F)F)ccc3C(F)(F)F)CC[C@@H]12. The van der Waals surface area contributed by atoms with Crippen LogP contribution in [0.2, 0.25) is 0 Å². The summed E-state index contributed by atoms with van der Waals surface area (Å²) in [5.41, 5.74) is -12.2. The van der Waals surface area contributed by atoms with E-state index < -0.39 is 139 Å². The van der Waals surface area contributed by atoms with Crippen LogP contribution in [0.15, 0.2) is 91.1 Å². The van der Waals surface area contributed by atoms with Crippen LogP contribution in [0.1, 0.15) is 190 Å². The summed E-state index contributed by atoms with van der Waals surface area (Å²) in [6.45, 7) is 12.5. The first-order valence-corrected chi connectivity index (χ1v) is 38.2. The molecule has 6 N–H and O–H groups in total. The van der Waals surface area contributed by atoms with E-state index in [-0.39, 0.29) is 69.8 Å². The highest BCUT2D eigenvalue weighted by Crippen LogP contribution is 2.69. The zero-order chi connectivity index (χ0) is 80.9. The van der Waals surface area contributed by atoms with Gasteiger partial charge in [-0.15, -0.1) is 0 Å². The van der Waals surface area contributed by atoms with Crippen molar-refractivity contribution >= 4 is 52.5 Å². The molecule has 0 bridgehead atoms. The molecular weight excluding hydrogens is 1490 g/mol. The van der Waals surface area contributed by atoms with Crippen LogP contribution in [-0.2, 0) is 65.8 Å². The number of carbonyl (C=O) groups excluding carboxylic acids is 6. The zero-order valence-corrected chi connectivity index (χ0v) is 61.8. The Hall–Kier alpha value is -7.56. The number of carbonyl (C=O) groups is 6. The Morgan fingerprint density at radius 3 is 0.793 bits per heavy atom. The number of amides is 6. The molecule has 0 radical (unpaired) electrons. The van der Waals surface area contributed by atoms with E-state index in [1.165, 1.54) is 0 Å². The summed E-state index contributed by atoms with van der Waals surface area (Å²) in [7, 11) is 0. The molecule has 9 fully saturated rings. The van der Waals surface area contributed by atoms with Crippen LogP contribution in [0, 0.1) is 104 Å². The van der Waals surface area contributed by atoms with Crippen LogP contribution in [-0.4, -0.2) is 53.6 Å². The summed E-state index contributed by atoms with van der Waals surface area (Å²) in [5.74, 6) is -1.66. The van der Waals surface area contributed by atoms with E-state index in [9.17, 15) is 108 Å². The number of rotatable bonds is 6. The molecule has 0 unspecified atom stereocenters. The average molecular weight is 1590 g/mol. The van der Waals surface area contributed by atoms with Crippen molar-refractivity contribution in [2.45, 2.75) is 212 Å². The number of hydrogen-bond acceptors (Lipinski definition) is 6. The number of hydrogen-bond donors (Lipinski definition) is 6. The minimum atomic E-state index is -4.91. The van der Waals surface area contributed by atoms with Crippen LogP contribution in [0.3, 0.4) is 0 Å². The number of anilines is 3. The Balaban J connectivity index is 0.000000146. The molecule has 9 saturated carbocycles. The average Bonchev–Trinajstić information content (AvgIpc) is 1.69. The lowest BCUT2D eigenvalue weighted by Gasteiger charge is -2.58. The van der Waals surface area contributed by atoms with Gasteiger partial charge in [0, 0.05) is 52.1 Å². The monoisotopic (exact) mass is 1580 g/mol. The van der Waals surface area contributed by atoms with Gasteiger partial charge < -0.3 is 31.9 Å². The lowest BCUT2D eigenvalue weighted by Crippen LogP contribution is -2.59. The molecule has 6 amide bonds.